The number of nitrogens with one attached hydrogen (secondary N) is 1. The Morgan fingerprint density at radius 1 is 1.31 bits per heavy atom. The summed E-state index contributed by atoms with van der Waals surface area (Å²) in [6.45, 7) is 6.58. The van der Waals surface area contributed by atoms with Gasteiger partial charge in [-0.2, -0.15) is 5.10 Å². The number of thiazole rings is 1. The van der Waals surface area contributed by atoms with Crippen molar-refractivity contribution in [3.05, 3.63) is 57.8 Å². The summed E-state index contributed by atoms with van der Waals surface area (Å²) in [6, 6.07) is 10.0. The van der Waals surface area contributed by atoms with Gasteiger partial charge in [-0.15, -0.1) is 11.3 Å². The molecule has 0 aliphatic rings. The second kappa shape index (κ2) is 8.01. The molecule has 2 aromatic heterocycles. The minimum absolute atomic E-state index is 0.0251. The van der Waals surface area contributed by atoms with E-state index in [1.54, 1.807) is 16.0 Å². The average molecular weight is 389 g/mol. The lowest BCUT2D eigenvalue weighted by Crippen LogP contribution is -2.31. The Morgan fingerprint density at radius 2 is 2.04 bits per heavy atom. The summed E-state index contributed by atoms with van der Waals surface area (Å²) < 4.78 is 1.79. The van der Waals surface area contributed by atoms with E-state index in [1.807, 2.05) is 56.5 Å². The Bertz CT molecular complexity index is 904. The van der Waals surface area contributed by atoms with Crippen LogP contribution in [-0.2, 0) is 17.9 Å². The van der Waals surface area contributed by atoms with Gasteiger partial charge in [0.2, 0.25) is 5.91 Å². The molecular formula is C19H21ClN4OS. The van der Waals surface area contributed by atoms with Crippen molar-refractivity contribution in [3.63, 3.8) is 0 Å². The molecular weight excluding hydrogens is 368 g/mol. The average Bonchev–Trinajstić information content (AvgIpc) is 3.22. The van der Waals surface area contributed by atoms with Gasteiger partial charge in [0.1, 0.15) is 5.01 Å². The first-order valence-electron chi connectivity index (χ1n) is 8.42. The van der Waals surface area contributed by atoms with E-state index in [4.69, 9.17) is 11.6 Å². The maximum atomic E-state index is 12.4. The summed E-state index contributed by atoms with van der Waals surface area (Å²) in [5.41, 5.74) is 3.62. The largest absolute Gasteiger partial charge is 0.350 e. The third-order valence-corrected chi connectivity index (χ3v) is 5.69. The summed E-state index contributed by atoms with van der Waals surface area (Å²) in [7, 11) is 0. The van der Waals surface area contributed by atoms with Gasteiger partial charge in [-0.3, -0.25) is 9.48 Å². The third-order valence-electron chi connectivity index (χ3n) is 4.20. The Hall–Kier alpha value is -2.18. The lowest BCUT2D eigenvalue weighted by molar-refractivity contribution is -0.125. The van der Waals surface area contributed by atoms with E-state index in [2.05, 4.69) is 15.4 Å². The molecule has 5 nitrogen and oxygen atoms in total. The molecule has 3 aromatic rings. The molecule has 0 fully saturated rings. The highest BCUT2D eigenvalue weighted by atomic mass is 35.5. The number of carbonyl (C=O) groups excluding carboxylic acids is 1. The number of aromatic nitrogens is 3. The molecule has 0 saturated heterocycles. The number of hydrogen-bond acceptors (Lipinski definition) is 4. The number of rotatable bonds is 6. The Balaban J connectivity index is 1.57. The molecule has 0 bridgehead atoms. The first kappa shape index (κ1) is 18.6. The van der Waals surface area contributed by atoms with Crippen LogP contribution in [0, 0.1) is 19.8 Å². The highest BCUT2D eigenvalue weighted by molar-refractivity contribution is 7.13. The van der Waals surface area contributed by atoms with Gasteiger partial charge in [0.25, 0.3) is 0 Å². The second-order valence-electron chi connectivity index (χ2n) is 6.30. The first-order valence-corrected chi connectivity index (χ1v) is 9.68. The van der Waals surface area contributed by atoms with Gasteiger partial charge in [0.15, 0.2) is 0 Å². The molecule has 0 spiro atoms. The monoisotopic (exact) mass is 388 g/mol. The number of amides is 1. The van der Waals surface area contributed by atoms with Crippen molar-refractivity contribution in [2.24, 2.45) is 5.92 Å². The van der Waals surface area contributed by atoms with Gasteiger partial charge in [0, 0.05) is 10.9 Å². The summed E-state index contributed by atoms with van der Waals surface area (Å²) in [5.74, 6) is -0.237. The van der Waals surface area contributed by atoms with E-state index in [-0.39, 0.29) is 11.8 Å². The summed E-state index contributed by atoms with van der Waals surface area (Å²) in [4.78, 5) is 17.0. The maximum absolute atomic E-state index is 12.4. The minimum Gasteiger partial charge on any atom is -0.350 e. The number of carbonyl (C=O) groups is 1. The fraction of sp³-hybridized carbons (Fsp3) is 0.316. The predicted octanol–water partition coefficient (Wildman–Crippen LogP) is 4.23. The van der Waals surface area contributed by atoms with Gasteiger partial charge in [-0.25, -0.2) is 4.98 Å². The molecule has 2 heterocycles. The van der Waals surface area contributed by atoms with Gasteiger partial charge >= 0.3 is 0 Å². The number of nitrogens with zero attached hydrogens (tertiary/aromatic N) is 3. The van der Waals surface area contributed by atoms with Crippen LogP contribution in [0.25, 0.3) is 10.6 Å². The zero-order chi connectivity index (χ0) is 18.7. The SMILES string of the molecule is Cc1nn(CC(C)C(=O)NCc2csc(-c3ccccc3)n2)c(C)c1Cl. The van der Waals surface area contributed by atoms with E-state index in [0.717, 1.165) is 27.7 Å². The zero-order valence-electron chi connectivity index (χ0n) is 15.0. The number of benzene rings is 1. The Morgan fingerprint density at radius 3 is 2.69 bits per heavy atom. The first-order chi connectivity index (χ1) is 12.5. The molecule has 1 amide bonds. The molecule has 1 aromatic carbocycles. The Labute approximate surface area is 162 Å². The van der Waals surface area contributed by atoms with Gasteiger partial charge < -0.3 is 5.32 Å². The maximum Gasteiger partial charge on any atom is 0.225 e. The number of halogens is 1. The molecule has 0 aliphatic carbocycles. The molecule has 136 valence electrons. The van der Waals surface area contributed by atoms with Crippen LogP contribution in [0.5, 0.6) is 0 Å². The molecule has 26 heavy (non-hydrogen) atoms. The summed E-state index contributed by atoms with van der Waals surface area (Å²) >= 11 is 7.74. The molecule has 0 aliphatic heterocycles. The molecule has 0 saturated carbocycles. The van der Waals surface area contributed by atoms with Crippen LogP contribution < -0.4 is 5.32 Å². The van der Waals surface area contributed by atoms with Crippen molar-refractivity contribution in [2.75, 3.05) is 0 Å². The smallest absolute Gasteiger partial charge is 0.225 e. The van der Waals surface area contributed by atoms with Crippen LogP contribution in [0.2, 0.25) is 5.02 Å². The molecule has 7 heteroatoms. The normalized spacial score (nSPS) is 12.2. The summed E-state index contributed by atoms with van der Waals surface area (Å²) in [6.07, 6.45) is 0. The van der Waals surface area contributed by atoms with Crippen molar-refractivity contribution in [3.8, 4) is 10.6 Å². The third kappa shape index (κ3) is 4.14. The van der Waals surface area contributed by atoms with Crippen molar-refractivity contribution in [1.29, 1.82) is 0 Å². The van der Waals surface area contributed by atoms with Crippen LogP contribution in [0.15, 0.2) is 35.7 Å². The minimum atomic E-state index is -0.212. The fourth-order valence-corrected chi connectivity index (χ4v) is 3.61. The van der Waals surface area contributed by atoms with Gasteiger partial charge in [0.05, 0.1) is 41.1 Å². The zero-order valence-corrected chi connectivity index (χ0v) is 16.6. The van der Waals surface area contributed by atoms with E-state index >= 15 is 0 Å². The molecule has 1 N–H and O–H groups in total. The van der Waals surface area contributed by atoms with Crippen molar-refractivity contribution >= 4 is 28.8 Å². The quantitative estimate of drug-likeness (QED) is 0.687. The van der Waals surface area contributed by atoms with Crippen LogP contribution in [0.3, 0.4) is 0 Å². The van der Waals surface area contributed by atoms with Crippen LogP contribution in [-0.4, -0.2) is 20.7 Å². The van der Waals surface area contributed by atoms with Gasteiger partial charge in [-0.05, 0) is 13.8 Å². The standard InChI is InChI=1S/C19H21ClN4OS/c1-12(10-24-14(3)17(20)13(2)23-24)18(25)21-9-16-11-26-19(22-16)15-7-5-4-6-8-15/h4-8,11-12H,9-10H2,1-3H3,(H,21,25). The lowest BCUT2D eigenvalue weighted by Gasteiger charge is -2.13. The topological polar surface area (TPSA) is 59.8 Å². The van der Waals surface area contributed by atoms with Crippen molar-refractivity contribution in [1.82, 2.24) is 20.1 Å². The highest BCUT2D eigenvalue weighted by Gasteiger charge is 2.17. The second-order valence-corrected chi connectivity index (χ2v) is 7.53. The molecule has 1 atom stereocenters. The van der Waals surface area contributed by atoms with Crippen LogP contribution >= 0.6 is 22.9 Å². The van der Waals surface area contributed by atoms with E-state index in [9.17, 15) is 4.79 Å². The predicted molar refractivity (Wildman–Crippen MR) is 105 cm³/mol. The summed E-state index contributed by atoms with van der Waals surface area (Å²) in [5, 5.41) is 10.9. The Kier molecular flexibility index (Phi) is 5.74. The number of hydrogen-bond donors (Lipinski definition) is 1. The van der Waals surface area contributed by atoms with Gasteiger partial charge in [-0.1, -0.05) is 48.9 Å². The van der Waals surface area contributed by atoms with Crippen LogP contribution in [0.4, 0.5) is 0 Å². The van der Waals surface area contributed by atoms with Crippen molar-refractivity contribution < 1.29 is 4.79 Å². The van der Waals surface area contributed by atoms with Crippen LogP contribution in [0.1, 0.15) is 24.0 Å². The number of aryl methyl sites for hydroxylation is 1. The lowest BCUT2D eigenvalue weighted by atomic mass is 10.1. The molecule has 0 radical (unpaired) electrons. The van der Waals surface area contributed by atoms with Crippen molar-refractivity contribution in [2.45, 2.75) is 33.9 Å². The van der Waals surface area contributed by atoms with E-state index in [1.165, 1.54) is 0 Å². The molecule has 1 unspecified atom stereocenters. The fourth-order valence-electron chi connectivity index (χ4n) is 2.65. The molecule has 3 rings (SSSR count). The van der Waals surface area contributed by atoms with E-state index < -0.39 is 0 Å². The van der Waals surface area contributed by atoms with E-state index in [0.29, 0.717) is 18.1 Å². The highest BCUT2D eigenvalue weighted by Crippen LogP contribution is 2.23.